The molecule has 1 aliphatic rings. The van der Waals surface area contributed by atoms with Crippen LogP contribution in [0.2, 0.25) is 0 Å². The van der Waals surface area contributed by atoms with Crippen LogP contribution >= 0.6 is 0 Å². The Hall–Kier alpha value is -0.950. The van der Waals surface area contributed by atoms with Crippen LogP contribution < -0.4 is 5.32 Å². The Balaban J connectivity index is 2.24. The Kier molecular flexibility index (Phi) is 5.15. The summed E-state index contributed by atoms with van der Waals surface area (Å²) in [5.74, 6) is 0. The number of aliphatic hydroxyl groups is 1. The molecule has 6 heteroatoms. The maximum atomic E-state index is 12.7. The molecule has 0 aromatic heterocycles. The van der Waals surface area contributed by atoms with Gasteiger partial charge in [-0.3, -0.25) is 0 Å². The van der Waals surface area contributed by atoms with E-state index in [2.05, 4.69) is 5.32 Å². The maximum absolute atomic E-state index is 12.7. The minimum absolute atomic E-state index is 0.134. The zero-order valence-electron chi connectivity index (χ0n) is 11.7. The smallest absolute Gasteiger partial charge is 0.243 e. The Bertz CT molecular complexity index is 539. The molecule has 1 aromatic carbocycles. The summed E-state index contributed by atoms with van der Waals surface area (Å²) < 4.78 is 26.8. The number of aryl methyl sites for hydroxylation is 1. The quantitative estimate of drug-likeness (QED) is 0.812. The molecule has 0 aliphatic carbocycles. The maximum Gasteiger partial charge on any atom is 0.243 e. The molecule has 1 aromatic rings. The Morgan fingerprint density at radius 1 is 1.40 bits per heavy atom. The molecule has 0 bridgehead atoms. The van der Waals surface area contributed by atoms with Crippen LogP contribution in [0.3, 0.4) is 0 Å². The van der Waals surface area contributed by atoms with Gasteiger partial charge in [0.1, 0.15) is 0 Å². The fraction of sp³-hybridized carbons (Fsp3) is 0.571. The first kappa shape index (κ1) is 15.4. The molecule has 2 rings (SSSR count). The highest BCUT2D eigenvalue weighted by molar-refractivity contribution is 7.89. The molecule has 0 amide bonds. The number of hydrogen-bond donors (Lipinski definition) is 2. The highest BCUT2D eigenvalue weighted by Gasteiger charge is 2.28. The van der Waals surface area contributed by atoms with Crippen molar-refractivity contribution in [1.82, 2.24) is 9.62 Å². The van der Waals surface area contributed by atoms with Crippen LogP contribution in [-0.2, 0) is 10.0 Å². The molecule has 5 nitrogen and oxygen atoms in total. The second-order valence-corrected chi connectivity index (χ2v) is 7.05. The van der Waals surface area contributed by atoms with Crippen LogP contribution in [0.15, 0.2) is 29.2 Å². The molecule has 2 N–H and O–H groups in total. The number of hydrogen-bond acceptors (Lipinski definition) is 4. The summed E-state index contributed by atoms with van der Waals surface area (Å²) in [6.07, 6.45) is 2.05. The van der Waals surface area contributed by atoms with E-state index in [1.54, 1.807) is 25.1 Å². The monoisotopic (exact) mass is 298 g/mol. The van der Waals surface area contributed by atoms with Crippen LogP contribution in [0, 0.1) is 6.92 Å². The van der Waals surface area contributed by atoms with Gasteiger partial charge < -0.3 is 10.4 Å². The number of aliphatic hydroxyl groups excluding tert-OH is 1. The number of sulfonamides is 1. The average Bonchev–Trinajstić information content (AvgIpc) is 2.91. The summed E-state index contributed by atoms with van der Waals surface area (Å²) in [7, 11) is -3.55. The van der Waals surface area contributed by atoms with E-state index in [-0.39, 0.29) is 19.2 Å². The summed E-state index contributed by atoms with van der Waals surface area (Å²) in [6.45, 7) is 3.10. The van der Waals surface area contributed by atoms with Crippen molar-refractivity contribution in [3.05, 3.63) is 29.8 Å². The standard InChI is InChI=1S/C14H22N2O3S/c1-12-5-2-3-7-14(12)20(18,19)16(9-10-17)11-13-6-4-8-15-13/h2-3,5,7,13,15,17H,4,6,8-11H2,1H3. The van der Waals surface area contributed by atoms with Crippen molar-refractivity contribution < 1.29 is 13.5 Å². The molecule has 1 unspecified atom stereocenters. The van der Waals surface area contributed by atoms with Crippen LogP contribution in [-0.4, -0.2) is 50.1 Å². The zero-order chi connectivity index (χ0) is 14.6. The first-order valence-electron chi connectivity index (χ1n) is 6.95. The third kappa shape index (κ3) is 3.38. The molecule has 0 spiro atoms. The number of nitrogens with one attached hydrogen (secondary N) is 1. The molecule has 20 heavy (non-hydrogen) atoms. The van der Waals surface area contributed by atoms with Gasteiger partial charge in [-0.25, -0.2) is 8.42 Å². The van der Waals surface area contributed by atoms with Crippen LogP contribution in [0.25, 0.3) is 0 Å². The molecule has 1 atom stereocenters. The summed E-state index contributed by atoms with van der Waals surface area (Å²) >= 11 is 0. The molecule has 0 radical (unpaired) electrons. The summed E-state index contributed by atoms with van der Waals surface area (Å²) in [4.78, 5) is 0.325. The number of rotatable bonds is 6. The molecule has 1 fully saturated rings. The van der Waals surface area contributed by atoms with E-state index in [4.69, 9.17) is 5.11 Å². The van der Waals surface area contributed by atoms with Gasteiger partial charge in [0.25, 0.3) is 0 Å². The largest absolute Gasteiger partial charge is 0.395 e. The van der Waals surface area contributed by atoms with Crippen molar-refractivity contribution in [3.8, 4) is 0 Å². The highest BCUT2D eigenvalue weighted by Crippen LogP contribution is 2.20. The van der Waals surface area contributed by atoms with E-state index in [9.17, 15) is 8.42 Å². The Labute approximate surface area is 120 Å². The fourth-order valence-electron chi connectivity index (χ4n) is 2.56. The molecule has 112 valence electrons. The second kappa shape index (κ2) is 6.67. The van der Waals surface area contributed by atoms with Gasteiger partial charge in [0.15, 0.2) is 0 Å². The summed E-state index contributed by atoms with van der Waals surface area (Å²) in [5, 5.41) is 12.5. The summed E-state index contributed by atoms with van der Waals surface area (Å²) in [6, 6.07) is 7.14. The van der Waals surface area contributed by atoms with E-state index < -0.39 is 10.0 Å². The zero-order valence-corrected chi connectivity index (χ0v) is 12.6. The Morgan fingerprint density at radius 2 is 2.15 bits per heavy atom. The van der Waals surface area contributed by atoms with E-state index in [0.29, 0.717) is 11.4 Å². The number of nitrogens with zero attached hydrogens (tertiary/aromatic N) is 1. The fourth-order valence-corrected chi connectivity index (χ4v) is 4.27. The van der Waals surface area contributed by atoms with Crippen molar-refractivity contribution in [2.24, 2.45) is 0 Å². The lowest BCUT2D eigenvalue weighted by molar-refractivity contribution is 0.246. The molecular weight excluding hydrogens is 276 g/mol. The minimum Gasteiger partial charge on any atom is -0.395 e. The van der Waals surface area contributed by atoms with Gasteiger partial charge in [0.2, 0.25) is 10.0 Å². The van der Waals surface area contributed by atoms with Crippen molar-refractivity contribution in [2.75, 3.05) is 26.2 Å². The van der Waals surface area contributed by atoms with Crippen molar-refractivity contribution in [1.29, 1.82) is 0 Å². The number of benzene rings is 1. The van der Waals surface area contributed by atoms with Gasteiger partial charge in [-0.05, 0) is 37.9 Å². The molecular formula is C14H22N2O3S. The van der Waals surface area contributed by atoms with E-state index in [0.717, 1.165) is 24.9 Å². The first-order chi connectivity index (χ1) is 9.55. The van der Waals surface area contributed by atoms with Crippen molar-refractivity contribution >= 4 is 10.0 Å². The van der Waals surface area contributed by atoms with E-state index >= 15 is 0 Å². The minimum atomic E-state index is -3.55. The van der Waals surface area contributed by atoms with Crippen molar-refractivity contribution in [2.45, 2.75) is 30.7 Å². The lowest BCUT2D eigenvalue weighted by Gasteiger charge is -2.25. The topological polar surface area (TPSA) is 69.6 Å². The lowest BCUT2D eigenvalue weighted by atomic mass is 10.2. The molecule has 0 saturated carbocycles. The molecule has 1 heterocycles. The van der Waals surface area contributed by atoms with Gasteiger partial charge in [-0.15, -0.1) is 0 Å². The van der Waals surface area contributed by atoms with Gasteiger partial charge in [0.05, 0.1) is 11.5 Å². The predicted octanol–water partition coefficient (Wildman–Crippen LogP) is 0.730. The third-order valence-corrected chi connectivity index (χ3v) is 5.67. The molecule has 1 saturated heterocycles. The van der Waals surface area contributed by atoms with Gasteiger partial charge in [-0.2, -0.15) is 4.31 Å². The lowest BCUT2D eigenvalue weighted by Crippen LogP contribution is -2.42. The van der Waals surface area contributed by atoms with E-state index in [1.165, 1.54) is 4.31 Å². The van der Waals surface area contributed by atoms with Crippen LogP contribution in [0.1, 0.15) is 18.4 Å². The Morgan fingerprint density at radius 3 is 2.75 bits per heavy atom. The van der Waals surface area contributed by atoms with Crippen LogP contribution in [0.5, 0.6) is 0 Å². The van der Waals surface area contributed by atoms with Crippen LogP contribution in [0.4, 0.5) is 0 Å². The van der Waals surface area contributed by atoms with Gasteiger partial charge in [-0.1, -0.05) is 18.2 Å². The van der Waals surface area contributed by atoms with Gasteiger partial charge >= 0.3 is 0 Å². The molecule has 1 aliphatic heterocycles. The highest BCUT2D eigenvalue weighted by atomic mass is 32.2. The van der Waals surface area contributed by atoms with E-state index in [1.807, 2.05) is 6.07 Å². The SMILES string of the molecule is Cc1ccccc1S(=O)(=O)N(CCO)CC1CCCN1. The average molecular weight is 298 g/mol. The van der Waals surface area contributed by atoms with Gasteiger partial charge in [0, 0.05) is 19.1 Å². The first-order valence-corrected chi connectivity index (χ1v) is 8.39. The summed E-state index contributed by atoms with van der Waals surface area (Å²) in [5.41, 5.74) is 0.731. The third-order valence-electron chi connectivity index (χ3n) is 3.65. The predicted molar refractivity (Wildman–Crippen MR) is 78.0 cm³/mol. The normalized spacial score (nSPS) is 19.6. The van der Waals surface area contributed by atoms with Crippen molar-refractivity contribution in [3.63, 3.8) is 0 Å². The second-order valence-electron chi connectivity index (χ2n) is 5.15.